The summed E-state index contributed by atoms with van der Waals surface area (Å²) in [5, 5.41) is 14.1. The number of carbonyl (C=O) groups excluding carboxylic acids is 3. The lowest BCUT2D eigenvalue weighted by Gasteiger charge is -2.28. The molecular weight excluding hydrogens is 567 g/mol. The number of aryl methyl sites for hydroxylation is 1. The van der Waals surface area contributed by atoms with Crippen molar-refractivity contribution in [3.63, 3.8) is 0 Å². The van der Waals surface area contributed by atoms with Gasteiger partial charge in [0.2, 0.25) is 5.91 Å². The Hall–Kier alpha value is -3.48. The van der Waals surface area contributed by atoms with Crippen LogP contribution in [-0.2, 0) is 22.7 Å². The third-order valence-corrected chi connectivity index (χ3v) is 6.83. The minimum atomic E-state index is -0.544. The van der Waals surface area contributed by atoms with Crippen LogP contribution in [-0.4, -0.2) is 77.3 Å². The normalized spacial score (nSPS) is 12.2. The van der Waals surface area contributed by atoms with Crippen molar-refractivity contribution < 1.29 is 14.4 Å². The number of hydrazine groups is 1. The SMILES string of the molecule is CCNCCN(C(=O)CNCC(=O)N(C)N1Cc2ccccc2C1)c1ccc(-n2cc(C(N)=O)cn2)cc1C.Cl.Cl. The molecule has 0 atom stereocenters. The number of nitrogens with zero attached hydrogens (tertiary/aromatic N) is 5. The molecule has 0 saturated heterocycles. The van der Waals surface area contributed by atoms with Gasteiger partial charge in [0, 0.05) is 45.1 Å². The van der Waals surface area contributed by atoms with Gasteiger partial charge in [0.25, 0.3) is 11.8 Å². The van der Waals surface area contributed by atoms with Crippen molar-refractivity contribution in [3.8, 4) is 5.69 Å². The first-order chi connectivity index (χ1) is 18.8. The first kappa shape index (κ1) is 33.7. The molecule has 1 aliphatic rings. The Balaban J connectivity index is 0.00000294. The van der Waals surface area contributed by atoms with Crippen molar-refractivity contribution in [2.24, 2.45) is 5.73 Å². The molecule has 1 aliphatic heterocycles. The monoisotopic (exact) mass is 604 g/mol. The molecule has 0 radical (unpaired) electrons. The number of fused-ring (bicyclic) bond motifs is 1. The molecule has 11 nitrogen and oxygen atoms in total. The predicted octanol–water partition coefficient (Wildman–Crippen LogP) is 2.04. The molecule has 0 fully saturated rings. The van der Waals surface area contributed by atoms with Gasteiger partial charge >= 0.3 is 0 Å². The Morgan fingerprint density at radius 2 is 1.66 bits per heavy atom. The molecule has 13 heteroatoms. The highest BCUT2D eigenvalue weighted by Gasteiger charge is 2.25. The zero-order valence-corrected chi connectivity index (χ0v) is 25.1. The molecule has 0 unspecified atom stereocenters. The summed E-state index contributed by atoms with van der Waals surface area (Å²) in [5.74, 6) is -0.787. The number of benzene rings is 2. The molecule has 3 amide bonds. The fourth-order valence-corrected chi connectivity index (χ4v) is 4.59. The molecule has 2 aromatic carbocycles. The van der Waals surface area contributed by atoms with Crippen LogP contribution in [0.5, 0.6) is 0 Å². The van der Waals surface area contributed by atoms with Crippen molar-refractivity contribution in [1.82, 2.24) is 30.4 Å². The van der Waals surface area contributed by atoms with Gasteiger partial charge in [-0.25, -0.2) is 9.69 Å². The lowest BCUT2D eigenvalue weighted by atomic mass is 10.1. The predicted molar refractivity (Wildman–Crippen MR) is 164 cm³/mol. The van der Waals surface area contributed by atoms with Crippen LogP contribution >= 0.6 is 24.8 Å². The van der Waals surface area contributed by atoms with Gasteiger partial charge in [-0.2, -0.15) is 5.10 Å². The van der Waals surface area contributed by atoms with E-state index >= 15 is 0 Å². The van der Waals surface area contributed by atoms with Gasteiger partial charge in [-0.1, -0.05) is 31.2 Å². The number of hydrogen-bond acceptors (Lipinski definition) is 7. The number of amides is 3. The molecule has 222 valence electrons. The van der Waals surface area contributed by atoms with Crippen molar-refractivity contribution in [1.29, 1.82) is 0 Å². The molecule has 41 heavy (non-hydrogen) atoms. The Morgan fingerprint density at radius 1 is 1.00 bits per heavy atom. The molecule has 0 aliphatic carbocycles. The van der Waals surface area contributed by atoms with Crippen LogP contribution in [0, 0.1) is 6.92 Å². The smallest absolute Gasteiger partial charge is 0.251 e. The third-order valence-electron chi connectivity index (χ3n) is 6.83. The zero-order valence-electron chi connectivity index (χ0n) is 23.5. The maximum absolute atomic E-state index is 13.3. The number of carbonyl (C=O) groups is 3. The van der Waals surface area contributed by atoms with Gasteiger partial charge < -0.3 is 16.0 Å². The summed E-state index contributed by atoms with van der Waals surface area (Å²) >= 11 is 0. The number of rotatable bonds is 12. The summed E-state index contributed by atoms with van der Waals surface area (Å²) in [6, 6.07) is 13.8. The Labute approximate surface area is 252 Å². The lowest BCUT2D eigenvalue weighted by Crippen LogP contribution is -2.47. The Morgan fingerprint density at radius 3 is 2.24 bits per heavy atom. The molecule has 0 saturated carbocycles. The number of aromatic nitrogens is 2. The summed E-state index contributed by atoms with van der Waals surface area (Å²) in [5.41, 5.74) is 10.5. The van der Waals surface area contributed by atoms with E-state index in [9.17, 15) is 14.4 Å². The molecular formula is C28H38Cl2N8O3. The van der Waals surface area contributed by atoms with Crippen molar-refractivity contribution in [2.75, 3.05) is 44.7 Å². The molecule has 4 rings (SSSR count). The van der Waals surface area contributed by atoms with Crippen LogP contribution < -0.4 is 21.3 Å². The zero-order chi connectivity index (χ0) is 27.9. The molecule has 0 bridgehead atoms. The number of nitrogens with two attached hydrogens (primary N) is 1. The van der Waals surface area contributed by atoms with Gasteiger partial charge in [0.1, 0.15) is 0 Å². The standard InChI is InChI=1S/C28H36N8O3.2ClH/c1-4-30-11-12-35(25-10-9-24(13-20(25)2)36-19-23(14-32-36)28(29)39)27(38)16-31-15-26(37)33(3)34-17-21-7-5-6-8-22(21)18-34;;/h5-10,13-14,19,30-31H,4,11-12,15-18H2,1-3H3,(H2,29,39);2*1H. The van der Waals surface area contributed by atoms with Gasteiger partial charge in [-0.3, -0.25) is 24.7 Å². The van der Waals surface area contributed by atoms with Crippen molar-refractivity contribution in [3.05, 3.63) is 77.1 Å². The number of halogens is 2. The third kappa shape index (κ3) is 8.27. The summed E-state index contributed by atoms with van der Waals surface area (Å²) in [6.45, 7) is 7.28. The lowest BCUT2D eigenvalue weighted by molar-refractivity contribution is -0.145. The Bertz CT molecular complexity index is 1320. The molecule has 1 aromatic heterocycles. The van der Waals surface area contributed by atoms with E-state index in [1.54, 1.807) is 27.8 Å². The average molecular weight is 606 g/mol. The highest BCUT2D eigenvalue weighted by atomic mass is 35.5. The molecule has 4 N–H and O–H groups in total. The fraction of sp³-hybridized carbons (Fsp3) is 0.357. The first-order valence-corrected chi connectivity index (χ1v) is 13.0. The van der Waals surface area contributed by atoms with Crippen LogP contribution in [0.15, 0.2) is 54.9 Å². The van der Waals surface area contributed by atoms with Gasteiger partial charge in [-0.05, 0) is 48.4 Å². The number of primary amides is 1. The van der Waals surface area contributed by atoms with E-state index in [1.165, 1.54) is 17.3 Å². The van der Waals surface area contributed by atoms with Crippen LogP contribution in [0.3, 0.4) is 0 Å². The second kappa shape index (κ2) is 15.5. The summed E-state index contributed by atoms with van der Waals surface area (Å²) in [7, 11) is 1.76. The summed E-state index contributed by atoms with van der Waals surface area (Å²) in [6.07, 6.45) is 2.99. The van der Waals surface area contributed by atoms with Gasteiger partial charge in [-0.15, -0.1) is 24.8 Å². The number of hydrogen-bond donors (Lipinski definition) is 3. The topological polar surface area (TPSA) is 129 Å². The molecule has 3 aromatic rings. The van der Waals surface area contributed by atoms with Crippen molar-refractivity contribution >= 4 is 48.2 Å². The van der Waals surface area contributed by atoms with E-state index in [0.717, 1.165) is 23.5 Å². The second-order valence-corrected chi connectivity index (χ2v) is 9.52. The van der Waals surface area contributed by atoms with E-state index in [1.807, 2.05) is 49.2 Å². The van der Waals surface area contributed by atoms with E-state index < -0.39 is 5.91 Å². The van der Waals surface area contributed by atoms with Crippen LogP contribution in [0.1, 0.15) is 34.0 Å². The highest BCUT2D eigenvalue weighted by Crippen LogP contribution is 2.24. The molecule has 0 spiro atoms. The number of likely N-dealkylation sites (N-methyl/N-ethyl adjacent to an activating group) is 2. The van der Waals surface area contributed by atoms with Crippen LogP contribution in [0.25, 0.3) is 5.69 Å². The minimum absolute atomic E-state index is 0. The van der Waals surface area contributed by atoms with Crippen LogP contribution in [0.4, 0.5) is 5.69 Å². The second-order valence-electron chi connectivity index (χ2n) is 9.52. The maximum Gasteiger partial charge on any atom is 0.251 e. The first-order valence-electron chi connectivity index (χ1n) is 13.0. The van der Waals surface area contributed by atoms with E-state index in [4.69, 9.17) is 5.73 Å². The quantitative estimate of drug-likeness (QED) is 0.270. The average Bonchev–Trinajstić information content (AvgIpc) is 3.59. The van der Waals surface area contributed by atoms with E-state index in [2.05, 4.69) is 27.9 Å². The largest absolute Gasteiger partial charge is 0.366 e. The summed E-state index contributed by atoms with van der Waals surface area (Å²) in [4.78, 5) is 39.3. The van der Waals surface area contributed by atoms with Gasteiger partial charge in [0.15, 0.2) is 0 Å². The molecule has 2 heterocycles. The minimum Gasteiger partial charge on any atom is -0.366 e. The van der Waals surface area contributed by atoms with Crippen molar-refractivity contribution in [2.45, 2.75) is 26.9 Å². The number of anilines is 1. The van der Waals surface area contributed by atoms with Gasteiger partial charge in [0.05, 0.1) is 30.5 Å². The van der Waals surface area contributed by atoms with E-state index in [-0.39, 0.29) is 49.7 Å². The highest BCUT2D eigenvalue weighted by molar-refractivity contribution is 5.96. The van der Waals surface area contributed by atoms with E-state index in [0.29, 0.717) is 31.7 Å². The Kier molecular flexibility index (Phi) is 12.8. The van der Waals surface area contributed by atoms with Crippen LogP contribution in [0.2, 0.25) is 0 Å². The fourth-order valence-electron chi connectivity index (χ4n) is 4.59. The number of nitrogens with one attached hydrogen (secondary N) is 2. The summed E-state index contributed by atoms with van der Waals surface area (Å²) < 4.78 is 1.57. The maximum atomic E-state index is 13.3.